The molecule has 0 heterocycles. The maximum absolute atomic E-state index is 1.67. The van der Waals surface area contributed by atoms with Crippen molar-refractivity contribution in [2.75, 3.05) is 0 Å². The second-order valence-electron chi connectivity index (χ2n) is 30.0. The van der Waals surface area contributed by atoms with Gasteiger partial charge < -0.3 is 0 Å². The first-order chi connectivity index (χ1) is 40.0. The van der Waals surface area contributed by atoms with E-state index in [1.807, 2.05) is 0 Å². The van der Waals surface area contributed by atoms with Crippen molar-refractivity contribution in [1.82, 2.24) is 0 Å². The minimum atomic E-state index is 1.67. The van der Waals surface area contributed by atoms with Gasteiger partial charge in [0.25, 0.3) is 0 Å². The average Bonchev–Trinajstić information content (AvgIpc) is 1.48. The molecule has 0 fully saturated rings. The second kappa shape index (κ2) is 5.95. The maximum Gasteiger partial charge on any atom is 0 e. The van der Waals surface area contributed by atoms with Crippen LogP contribution in [0.5, 0.6) is 0 Å². The summed E-state index contributed by atoms with van der Waals surface area (Å²) in [4.78, 5) is 0. The Hall–Kier alpha value is -10.4. The van der Waals surface area contributed by atoms with E-state index in [0.717, 1.165) is 0 Å². The van der Waals surface area contributed by atoms with Gasteiger partial charge in [-0.15, -0.1) is 0 Å². The van der Waals surface area contributed by atoms with E-state index in [-0.39, 0.29) is 0 Å². The summed E-state index contributed by atoms with van der Waals surface area (Å²) in [5.74, 6) is 0. The van der Waals surface area contributed by atoms with Gasteiger partial charge in [0, 0.05) is 431 Å². The first-order valence-corrected chi connectivity index (χ1v) is 30.0. The van der Waals surface area contributed by atoms with Crippen LogP contribution in [0.4, 0.5) is 0 Å². The number of benzene rings is 30. The van der Waals surface area contributed by atoms with E-state index < -0.39 is 0 Å². The summed E-state index contributed by atoms with van der Waals surface area (Å²) in [5.41, 5.74) is 0. The van der Waals surface area contributed by atoms with Crippen molar-refractivity contribution >= 4 is 431 Å². The molecule has 42 rings (SSSR count). The van der Waals surface area contributed by atoms with Crippen molar-refractivity contribution in [2.24, 2.45) is 0 Å². The summed E-state index contributed by atoms with van der Waals surface area (Å²) in [6.45, 7) is 0. The average molecular weight is 961 g/mol. The monoisotopic (exact) mass is 960 g/mol. The van der Waals surface area contributed by atoms with Crippen molar-refractivity contribution in [3.8, 4) is 0 Å². The Morgan fingerprint density at radius 3 is 0.0500 bits per heavy atom. The third-order valence-electron chi connectivity index (χ3n) is 30.0. The Morgan fingerprint density at radius 2 is 0.0375 bits per heavy atom. The molecule has 42 aromatic rings. The molecule has 0 atom stereocenters. The quantitative estimate of drug-likeness (QED) is 0.105. The highest BCUT2D eigenvalue weighted by Gasteiger charge is 2.53. The van der Waals surface area contributed by atoms with Crippen LogP contribution in [0, 0.1) is 0 Å². The zero-order valence-corrected chi connectivity index (χ0v) is 40.0. The molecule has 0 unspecified atom stereocenters. The molecule has 0 aliphatic rings. The number of hydrogen-bond donors (Lipinski definition) is 0. The van der Waals surface area contributed by atoms with Gasteiger partial charge in [0.15, 0.2) is 0 Å². The summed E-state index contributed by atoms with van der Waals surface area (Å²) < 4.78 is 0. The van der Waals surface area contributed by atoms with Gasteiger partial charge >= 0.3 is 0 Å². The molecule has 42 aromatic carbocycles. The van der Waals surface area contributed by atoms with Crippen LogP contribution in [-0.2, 0) is 0 Å². The molecular formula is C80. The largest absolute Gasteiger partial charge is 0 e. The molecule has 0 aromatic heterocycles. The van der Waals surface area contributed by atoms with Crippen LogP contribution in [0.3, 0.4) is 0 Å². The Balaban J connectivity index is 1.19. The van der Waals surface area contributed by atoms with Gasteiger partial charge in [-0.2, -0.15) is 0 Å². The molecule has 0 bridgehead atoms. The van der Waals surface area contributed by atoms with Crippen LogP contribution in [0.15, 0.2) is 0 Å². The van der Waals surface area contributed by atoms with Crippen molar-refractivity contribution in [2.45, 2.75) is 0 Å². The van der Waals surface area contributed by atoms with E-state index in [1.165, 1.54) is 0 Å². The minimum Gasteiger partial charge on any atom is 0 e. The molecule has 0 radical (unpaired) electrons. The van der Waals surface area contributed by atoms with E-state index in [1.54, 1.807) is 431 Å². The van der Waals surface area contributed by atoms with Gasteiger partial charge in [0.2, 0.25) is 0 Å². The van der Waals surface area contributed by atoms with E-state index in [2.05, 4.69) is 0 Å². The number of rotatable bonds is 0. The highest BCUT2D eigenvalue weighted by molar-refractivity contribution is 6.87. The van der Waals surface area contributed by atoms with Crippen LogP contribution >= 0.6 is 0 Å². The third kappa shape index (κ3) is 1.36. The molecule has 0 spiro atoms. The van der Waals surface area contributed by atoms with E-state index in [0.29, 0.717) is 0 Å². The van der Waals surface area contributed by atoms with Crippen LogP contribution in [0.2, 0.25) is 0 Å². The zero-order chi connectivity index (χ0) is 46.2. The summed E-state index contributed by atoms with van der Waals surface area (Å²) >= 11 is 0. The van der Waals surface area contributed by atoms with E-state index >= 15 is 0 Å². The highest BCUT2D eigenvalue weighted by atomic mass is 14.5. The van der Waals surface area contributed by atoms with Gasteiger partial charge in [-0.3, -0.25) is 0 Å². The van der Waals surface area contributed by atoms with Crippen molar-refractivity contribution in [3.63, 3.8) is 0 Å². The molecule has 0 nitrogen and oxygen atoms in total. The standard InChI is InChI=1S/C80/c1-2-4-6-8-10-12-14-16-18-20-19-17-15-13-11-9-7-5(25-22(2)43-46-26(4)29(10)50-53-34(12)37(18)59-60-39(20)36(15)55-52-31(13)28(7)49-45(25)63(43)73-75(64(46)50)79(68(53)59)80(70(55)60)77(73)66(49)52)3(1)23-27(9)47-51-32(11)35(17)57-58-40(19)38(16)56-54-33(14)30(8)48-44-24(6)21(1)41-42(23)62(47)72-71(61(41)44)74(65(48)54)78(69(56)58)76(72)67(51)57. The smallest absolute Gasteiger partial charge is 0 e. The maximum atomic E-state index is 1.67. The molecule has 0 N–H and O–H groups in total. The Bertz CT molecular complexity index is 7630. The third-order valence-corrected chi connectivity index (χ3v) is 30.0. The molecule has 80 heavy (non-hydrogen) atoms. The van der Waals surface area contributed by atoms with Crippen LogP contribution < -0.4 is 0 Å². The fraction of sp³-hybridized carbons (Fsp3) is 0. The van der Waals surface area contributed by atoms with Crippen molar-refractivity contribution < 1.29 is 0 Å². The molecule has 0 heteroatoms. The highest BCUT2D eigenvalue weighted by Crippen LogP contribution is 2.82. The van der Waals surface area contributed by atoms with Crippen LogP contribution in [-0.4, -0.2) is 0 Å². The van der Waals surface area contributed by atoms with Gasteiger partial charge in [0.05, 0.1) is 0 Å². The second-order valence-corrected chi connectivity index (χ2v) is 30.0. The Morgan fingerprint density at radius 1 is 0.0250 bits per heavy atom. The Labute approximate surface area is 428 Å². The van der Waals surface area contributed by atoms with Crippen molar-refractivity contribution in [1.29, 1.82) is 0 Å². The summed E-state index contributed by atoms with van der Waals surface area (Å²) in [5, 5.41) is 133. The number of hydrogen-bond acceptors (Lipinski definition) is 0. The molecule has 0 amide bonds. The lowest BCUT2D eigenvalue weighted by atomic mass is 9.73. The van der Waals surface area contributed by atoms with Crippen LogP contribution in [0.1, 0.15) is 0 Å². The molecular weight excluding hydrogens is 961 g/mol. The lowest BCUT2D eigenvalue weighted by Gasteiger charge is -2.29. The predicted molar refractivity (Wildman–Crippen MR) is 348 cm³/mol. The Kier molecular flexibility index (Phi) is 2.03. The fourth-order valence-corrected chi connectivity index (χ4v) is 30.0. The van der Waals surface area contributed by atoms with Crippen LogP contribution in [0.25, 0.3) is 431 Å². The first-order valence-electron chi connectivity index (χ1n) is 30.0. The van der Waals surface area contributed by atoms with Gasteiger partial charge in [-0.05, 0) is 0 Å². The minimum absolute atomic E-state index is 1.67. The normalized spacial score (nSPS) is 18.0. The summed E-state index contributed by atoms with van der Waals surface area (Å²) in [6, 6.07) is 0. The van der Waals surface area contributed by atoms with Crippen molar-refractivity contribution in [3.05, 3.63) is 0 Å². The lowest BCUT2D eigenvalue weighted by molar-refractivity contribution is 2.06. The topological polar surface area (TPSA) is 0 Å². The summed E-state index contributed by atoms with van der Waals surface area (Å²) in [7, 11) is 0. The summed E-state index contributed by atoms with van der Waals surface area (Å²) in [6.07, 6.45) is 0. The predicted octanol–water partition coefficient (Wildman–Crippen LogP) is 23.6. The van der Waals surface area contributed by atoms with Gasteiger partial charge in [0.1, 0.15) is 0 Å². The molecule has 320 valence electrons. The molecule has 0 saturated carbocycles. The van der Waals surface area contributed by atoms with Gasteiger partial charge in [-0.25, -0.2) is 0 Å². The molecule has 0 aliphatic heterocycles. The zero-order valence-electron chi connectivity index (χ0n) is 40.0. The van der Waals surface area contributed by atoms with Gasteiger partial charge in [-0.1, -0.05) is 0 Å². The first kappa shape index (κ1) is 27.3. The van der Waals surface area contributed by atoms with E-state index in [9.17, 15) is 0 Å². The van der Waals surface area contributed by atoms with E-state index in [4.69, 9.17) is 0 Å². The molecule has 0 saturated heterocycles. The molecule has 0 aliphatic carbocycles. The SMILES string of the molecule is c12c3c4c5c1c1c6c7c2c2c8c3c3c9c4c4c%10c5c5c1c1c6c6c%11c7c2c2c7c%12c%13c%14c%15c%16c%17c%18c%15c%15c%19c%14c%12c%12c2c8c3c2c%12c%19c3c%15c8c%18c%12c%14c%17c%15c%17c%16c%13c(c%17c6c6c%15c%14c%13c(c5c%10c5c%10c4c9c2c3c%10c8c%12c%135)c16)c7%11. The lowest BCUT2D eigenvalue weighted by Crippen LogP contribution is -1.99. The fourth-order valence-electron chi connectivity index (χ4n) is 30.0.